The number of nitrogens with zero attached hydrogens (tertiary/aromatic N) is 1. The van der Waals surface area contributed by atoms with Crippen molar-refractivity contribution in [2.45, 2.75) is 38.4 Å². The number of halogens is 3. The van der Waals surface area contributed by atoms with E-state index in [0.29, 0.717) is 13.1 Å². The quantitative estimate of drug-likeness (QED) is 0.913. The van der Waals surface area contributed by atoms with Crippen LogP contribution in [0.1, 0.15) is 37.8 Å². The lowest BCUT2D eigenvalue weighted by Crippen LogP contribution is -2.39. The monoisotopic (exact) mass is 286 g/mol. The molecule has 1 heterocycles. The van der Waals surface area contributed by atoms with Crippen LogP contribution in [0.15, 0.2) is 24.3 Å². The van der Waals surface area contributed by atoms with Crippen molar-refractivity contribution in [3.8, 4) is 0 Å². The Morgan fingerprint density at radius 1 is 1.25 bits per heavy atom. The lowest BCUT2D eigenvalue weighted by Gasteiger charge is -2.36. The molecule has 1 aliphatic rings. The molecule has 0 aliphatic carbocycles. The number of anilines is 1. The fourth-order valence-electron chi connectivity index (χ4n) is 2.76. The van der Waals surface area contributed by atoms with E-state index in [-0.39, 0.29) is 18.9 Å². The van der Waals surface area contributed by atoms with Crippen LogP contribution in [0.4, 0.5) is 18.9 Å². The van der Waals surface area contributed by atoms with Gasteiger partial charge in [-0.2, -0.15) is 13.2 Å². The molecule has 1 aromatic carbocycles. The molecule has 1 fully saturated rings. The lowest BCUT2D eigenvalue weighted by molar-refractivity contribution is -0.179. The van der Waals surface area contributed by atoms with Crippen molar-refractivity contribution in [1.82, 2.24) is 0 Å². The highest BCUT2D eigenvalue weighted by atomic mass is 19.4. The second-order valence-electron chi connectivity index (χ2n) is 5.38. The highest BCUT2D eigenvalue weighted by Gasteiger charge is 2.41. The molecular formula is C15H21F3N2. The second-order valence-corrected chi connectivity index (χ2v) is 5.38. The average molecular weight is 286 g/mol. The van der Waals surface area contributed by atoms with E-state index in [1.54, 1.807) is 0 Å². The number of rotatable bonds is 3. The van der Waals surface area contributed by atoms with Gasteiger partial charge in [-0.05, 0) is 30.9 Å². The largest absolute Gasteiger partial charge is 0.391 e. The molecule has 1 aliphatic heterocycles. The summed E-state index contributed by atoms with van der Waals surface area (Å²) in [7, 11) is 0. The third kappa shape index (κ3) is 3.26. The van der Waals surface area contributed by atoms with Gasteiger partial charge >= 0.3 is 6.18 Å². The first-order chi connectivity index (χ1) is 9.43. The summed E-state index contributed by atoms with van der Waals surface area (Å²) in [5.74, 6) is -1.16. The number of alkyl halides is 3. The van der Waals surface area contributed by atoms with Gasteiger partial charge in [-0.25, -0.2) is 0 Å². The van der Waals surface area contributed by atoms with Crippen LogP contribution in [0.5, 0.6) is 0 Å². The topological polar surface area (TPSA) is 29.3 Å². The molecule has 0 radical (unpaired) electrons. The number of para-hydroxylation sites is 1. The van der Waals surface area contributed by atoms with Gasteiger partial charge in [0.25, 0.3) is 0 Å². The van der Waals surface area contributed by atoms with Crippen molar-refractivity contribution in [1.29, 1.82) is 0 Å². The van der Waals surface area contributed by atoms with E-state index < -0.39 is 12.1 Å². The molecule has 1 saturated heterocycles. The number of nitrogens with two attached hydrogens (primary N) is 1. The molecular weight excluding hydrogens is 265 g/mol. The molecule has 1 aromatic rings. The summed E-state index contributed by atoms with van der Waals surface area (Å²) in [5, 5.41) is 0. The summed E-state index contributed by atoms with van der Waals surface area (Å²) in [6, 6.07) is 7.71. The van der Waals surface area contributed by atoms with Gasteiger partial charge in [0, 0.05) is 24.8 Å². The van der Waals surface area contributed by atoms with E-state index in [0.717, 1.165) is 17.7 Å². The van der Waals surface area contributed by atoms with E-state index in [9.17, 15) is 13.2 Å². The maximum absolute atomic E-state index is 12.7. The molecule has 0 bridgehead atoms. The minimum Gasteiger partial charge on any atom is -0.371 e. The Bertz CT molecular complexity index is 437. The van der Waals surface area contributed by atoms with Crippen LogP contribution in [0, 0.1) is 5.92 Å². The Labute approximate surface area is 117 Å². The molecule has 2 rings (SSSR count). The molecule has 2 N–H and O–H groups in total. The SMILES string of the molecule is CC[C@@H](N)c1ccccc1N1CCC(C(F)(F)F)CC1. The summed E-state index contributed by atoms with van der Waals surface area (Å²) >= 11 is 0. The van der Waals surface area contributed by atoms with Gasteiger partial charge in [0.1, 0.15) is 0 Å². The minimum atomic E-state index is -4.06. The Hall–Kier alpha value is -1.23. The van der Waals surface area contributed by atoms with Crippen LogP contribution in [0.25, 0.3) is 0 Å². The van der Waals surface area contributed by atoms with E-state index in [4.69, 9.17) is 5.73 Å². The lowest BCUT2D eigenvalue weighted by atomic mass is 9.94. The van der Waals surface area contributed by atoms with Crippen molar-refractivity contribution in [2.24, 2.45) is 11.7 Å². The summed E-state index contributed by atoms with van der Waals surface area (Å²) < 4.78 is 38.1. The number of hydrogen-bond donors (Lipinski definition) is 1. The van der Waals surface area contributed by atoms with Gasteiger partial charge in [0.15, 0.2) is 0 Å². The molecule has 0 unspecified atom stereocenters. The maximum atomic E-state index is 12.7. The molecule has 0 spiro atoms. The molecule has 1 atom stereocenters. The van der Waals surface area contributed by atoms with E-state index in [1.165, 1.54) is 0 Å². The zero-order valence-electron chi connectivity index (χ0n) is 11.7. The van der Waals surface area contributed by atoms with Crippen molar-refractivity contribution >= 4 is 5.69 Å². The van der Waals surface area contributed by atoms with Crippen molar-refractivity contribution < 1.29 is 13.2 Å². The number of benzene rings is 1. The van der Waals surface area contributed by atoms with Crippen LogP contribution >= 0.6 is 0 Å². The predicted molar refractivity (Wildman–Crippen MR) is 74.7 cm³/mol. The molecule has 5 heteroatoms. The zero-order valence-corrected chi connectivity index (χ0v) is 11.7. The third-order valence-electron chi connectivity index (χ3n) is 4.07. The first-order valence-corrected chi connectivity index (χ1v) is 7.09. The highest BCUT2D eigenvalue weighted by molar-refractivity contribution is 5.55. The maximum Gasteiger partial charge on any atom is 0.391 e. The molecule has 2 nitrogen and oxygen atoms in total. The second kappa shape index (κ2) is 6.04. The van der Waals surface area contributed by atoms with Gasteiger partial charge in [-0.1, -0.05) is 25.1 Å². The van der Waals surface area contributed by atoms with E-state index in [1.807, 2.05) is 36.1 Å². The molecule has 112 valence electrons. The van der Waals surface area contributed by atoms with Gasteiger partial charge in [-0.15, -0.1) is 0 Å². The number of piperidine rings is 1. The standard InChI is InChI=1S/C15H21F3N2/c1-2-13(19)12-5-3-4-6-14(12)20-9-7-11(8-10-20)15(16,17)18/h3-6,11,13H,2,7-10,19H2,1H3/t13-/m1/s1. The molecule has 0 aromatic heterocycles. The Morgan fingerprint density at radius 2 is 1.85 bits per heavy atom. The molecule has 20 heavy (non-hydrogen) atoms. The smallest absolute Gasteiger partial charge is 0.371 e. The van der Waals surface area contributed by atoms with Crippen LogP contribution in [-0.4, -0.2) is 19.3 Å². The van der Waals surface area contributed by atoms with Crippen molar-refractivity contribution in [3.63, 3.8) is 0 Å². The number of hydrogen-bond acceptors (Lipinski definition) is 2. The first-order valence-electron chi connectivity index (χ1n) is 7.09. The van der Waals surface area contributed by atoms with Crippen LogP contribution in [-0.2, 0) is 0 Å². The van der Waals surface area contributed by atoms with Crippen LogP contribution in [0.2, 0.25) is 0 Å². The third-order valence-corrected chi connectivity index (χ3v) is 4.07. The summed E-state index contributed by atoms with van der Waals surface area (Å²) in [4.78, 5) is 2.03. The van der Waals surface area contributed by atoms with Gasteiger partial charge in [0.05, 0.1) is 5.92 Å². The fraction of sp³-hybridized carbons (Fsp3) is 0.600. The highest BCUT2D eigenvalue weighted by Crippen LogP contribution is 2.36. The van der Waals surface area contributed by atoms with Crippen LogP contribution in [0.3, 0.4) is 0 Å². The summed E-state index contributed by atoms with van der Waals surface area (Å²) in [5.41, 5.74) is 8.11. The van der Waals surface area contributed by atoms with Gasteiger partial charge < -0.3 is 10.6 Å². The Balaban J connectivity index is 2.11. The Morgan fingerprint density at radius 3 is 2.40 bits per heavy atom. The minimum absolute atomic E-state index is 0.0634. The first kappa shape index (κ1) is 15.2. The van der Waals surface area contributed by atoms with Gasteiger partial charge in [-0.3, -0.25) is 0 Å². The predicted octanol–water partition coefficient (Wildman–Crippen LogP) is 3.88. The fourth-order valence-corrected chi connectivity index (χ4v) is 2.76. The van der Waals surface area contributed by atoms with Gasteiger partial charge in [0.2, 0.25) is 0 Å². The zero-order chi connectivity index (χ0) is 14.8. The normalized spacial score (nSPS) is 19.1. The molecule has 0 saturated carbocycles. The van der Waals surface area contributed by atoms with E-state index >= 15 is 0 Å². The van der Waals surface area contributed by atoms with Crippen molar-refractivity contribution in [2.75, 3.05) is 18.0 Å². The van der Waals surface area contributed by atoms with Crippen LogP contribution < -0.4 is 10.6 Å². The van der Waals surface area contributed by atoms with Crippen molar-refractivity contribution in [3.05, 3.63) is 29.8 Å². The average Bonchev–Trinajstić information content (AvgIpc) is 2.45. The Kier molecular flexibility index (Phi) is 4.58. The summed E-state index contributed by atoms with van der Waals surface area (Å²) in [6.45, 7) is 2.90. The molecule has 0 amide bonds. The summed E-state index contributed by atoms with van der Waals surface area (Å²) in [6.07, 6.45) is -2.92. The van der Waals surface area contributed by atoms with E-state index in [2.05, 4.69) is 0 Å².